The molecule has 0 unspecified atom stereocenters. The third-order valence-corrected chi connectivity index (χ3v) is 2.41. The van der Waals surface area contributed by atoms with E-state index in [1.54, 1.807) is 36.4 Å². The number of non-ortho nitro benzene ring substituents is 1. The number of nitrogens with two attached hydrogens (primary N) is 1. The highest BCUT2D eigenvalue weighted by Gasteiger charge is 2.02. The number of rotatable bonds is 4. The summed E-state index contributed by atoms with van der Waals surface area (Å²) in [5.41, 5.74) is 7.45. The molecule has 23 heavy (non-hydrogen) atoms. The van der Waals surface area contributed by atoms with Crippen molar-refractivity contribution < 1.29 is 14.8 Å². The minimum Gasteiger partial charge on any atom is -0.478 e. The molecule has 3 N–H and O–H groups in total. The summed E-state index contributed by atoms with van der Waals surface area (Å²) in [5, 5.41) is 26.0. The fourth-order valence-corrected chi connectivity index (χ4v) is 1.30. The van der Waals surface area contributed by atoms with Crippen LogP contribution in [-0.2, 0) is 4.79 Å². The van der Waals surface area contributed by atoms with Gasteiger partial charge in [0.15, 0.2) is 0 Å². The van der Waals surface area contributed by atoms with Gasteiger partial charge in [0, 0.05) is 23.9 Å². The smallest absolute Gasteiger partial charge is 0.327 e. The van der Waals surface area contributed by atoms with Gasteiger partial charge < -0.3 is 10.8 Å². The third kappa shape index (κ3) is 6.63. The van der Waals surface area contributed by atoms with Crippen molar-refractivity contribution in [2.24, 2.45) is 10.2 Å². The maximum atomic E-state index is 10.5. The maximum Gasteiger partial charge on any atom is 0.327 e. The highest BCUT2D eigenvalue weighted by Crippen LogP contribution is 2.21. The van der Waals surface area contributed by atoms with Crippen LogP contribution in [0.5, 0.6) is 0 Å². The molecule has 2 rings (SSSR count). The van der Waals surface area contributed by atoms with Crippen molar-refractivity contribution in [1.82, 2.24) is 0 Å². The third-order valence-electron chi connectivity index (χ3n) is 2.41. The molecule has 2 aromatic carbocycles. The Labute approximate surface area is 131 Å². The molecule has 0 heterocycles. The zero-order valence-corrected chi connectivity index (χ0v) is 12.0. The number of benzene rings is 2. The van der Waals surface area contributed by atoms with Crippen LogP contribution in [0.4, 0.5) is 22.7 Å². The van der Waals surface area contributed by atoms with Gasteiger partial charge in [-0.15, -0.1) is 0 Å². The van der Waals surface area contributed by atoms with E-state index in [4.69, 9.17) is 10.8 Å². The molecule has 0 aliphatic heterocycles. The first-order chi connectivity index (χ1) is 10.9. The second-order valence-corrected chi connectivity index (χ2v) is 4.11. The number of carbonyl (C=O) groups is 1. The highest BCUT2D eigenvalue weighted by atomic mass is 16.6. The predicted molar refractivity (Wildman–Crippen MR) is 86.0 cm³/mol. The standard InChI is InChI=1S/C12H10N4O2.C3H4O2/c13-9-1-3-10(4-2-9)14-15-11-5-7-12(8-6-11)16(17)18;1-2-3(4)5/h1-8H,13H2;2H,1H2,(H,4,5)/b15-14+;. The predicted octanol–water partition coefficient (Wildman–Crippen LogP) is 3.85. The van der Waals surface area contributed by atoms with Crippen LogP contribution < -0.4 is 5.73 Å². The summed E-state index contributed by atoms with van der Waals surface area (Å²) < 4.78 is 0. The van der Waals surface area contributed by atoms with Crippen LogP contribution >= 0.6 is 0 Å². The SMILES string of the molecule is C=CC(=O)O.Nc1ccc(/N=N/c2ccc([N+](=O)[O-])cc2)cc1. The Bertz CT molecular complexity index is 709. The maximum absolute atomic E-state index is 10.5. The molecule has 0 atom stereocenters. The molecule has 0 radical (unpaired) electrons. The molecule has 0 bridgehead atoms. The van der Waals surface area contributed by atoms with Crippen molar-refractivity contribution in [3.8, 4) is 0 Å². The molecule has 0 saturated heterocycles. The number of nitrogens with zero attached hydrogens (tertiary/aromatic N) is 3. The molecular formula is C15H14N4O4. The van der Waals surface area contributed by atoms with Gasteiger partial charge in [0.2, 0.25) is 0 Å². The molecule has 8 nitrogen and oxygen atoms in total. The van der Waals surface area contributed by atoms with E-state index < -0.39 is 10.9 Å². The number of carboxylic acids is 1. The van der Waals surface area contributed by atoms with Crippen LogP contribution in [-0.4, -0.2) is 16.0 Å². The van der Waals surface area contributed by atoms with E-state index in [0.29, 0.717) is 17.1 Å². The topological polar surface area (TPSA) is 131 Å². The summed E-state index contributed by atoms with van der Waals surface area (Å²) >= 11 is 0. The van der Waals surface area contributed by atoms with Crippen molar-refractivity contribution in [3.05, 3.63) is 71.3 Å². The number of hydrogen-bond donors (Lipinski definition) is 2. The summed E-state index contributed by atoms with van der Waals surface area (Å²) in [6.07, 6.45) is 0.833. The molecular weight excluding hydrogens is 300 g/mol. The van der Waals surface area contributed by atoms with Crippen molar-refractivity contribution >= 4 is 28.7 Å². The number of carboxylic acid groups (broad SMARTS) is 1. The van der Waals surface area contributed by atoms with Crippen molar-refractivity contribution in [2.45, 2.75) is 0 Å². The van der Waals surface area contributed by atoms with Crippen LogP contribution in [0.2, 0.25) is 0 Å². The average molecular weight is 314 g/mol. The molecule has 8 heteroatoms. The molecule has 0 spiro atoms. The second kappa shape index (κ2) is 8.67. The molecule has 2 aromatic rings. The Hall–Kier alpha value is -3.55. The molecule has 118 valence electrons. The minimum atomic E-state index is -0.981. The van der Waals surface area contributed by atoms with Crippen molar-refractivity contribution in [1.29, 1.82) is 0 Å². The van der Waals surface area contributed by atoms with E-state index in [9.17, 15) is 14.9 Å². The van der Waals surface area contributed by atoms with Crippen molar-refractivity contribution in [2.75, 3.05) is 5.73 Å². The number of nitrogen functional groups attached to an aromatic ring is 1. The Morgan fingerprint density at radius 2 is 1.48 bits per heavy atom. The van der Waals surface area contributed by atoms with Crippen LogP contribution in [0, 0.1) is 10.1 Å². The molecule has 0 aromatic heterocycles. The normalized spacial score (nSPS) is 9.74. The van der Waals surface area contributed by atoms with Gasteiger partial charge in [-0.3, -0.25) is 10.1 Å². The molecule has 0 saturated carbocycles. The summed E-state index contributed by atoms with van der Waals surface area (Å²) in [5.74, 6) is -0.981. The quantitative estimate of drug-likeness (QED) is 0.291. The van der Waals surface area contributed by atoms with E-state index in [-0.39, 0.29) is 5.69 Å². The lowest BCUT2D eigenvalue weighted by Gasteiger charge is -1.94. The largest absolute Gasteiger partial charge is 0.478 e. The van der Waals surface area contributed by atoms with Crippen LogP contribution in [0.1, 0.15) is 0 Å². The first kappa shape index (κ1) is 17.5. The zero-order chi connectivity index (χ0) is 17.2. The van der Waals surface area contributed by atoms with E-state index in [1.165, 1.54) is 12.1 Å². The summed E-state index contributed by atoms with van der Waals surface area (Å²) in [4.78, 5) is 19.3. The number of nitro groups is 1. The lowest BCUT2D eigenvalue weighted by Crippen LogP contribution is -1.85. The van der Waals surface area contributed by atoms with E-state index in [1.807, 2.05) is 0 Å². The Balaban J connectivity index is 0.000000463. The Morgan fingerprint density at radius 3 is 1.83 bits per heavy atom. The van der Waals surface area contributed by atoms with Gasteiger partial charge in [0.1, 0.15) is 0 Å². The molecule has 0 fully saturated rings. The van der Waals surface area contributed by atoms with Gasteiger partial charge >= 0.3 is 5.97 Å². The van der Waals surface area contributed by atoms with E-state index >= 15 is 0 Å². The lowest BCUT2D eigenvalue weighted by molar-refractivity contribution is -0.384. The second-order valence-electron chi connectivity index (χ2n) is 4.11. The monoisotopic (exact) mass is 314 g/mol. The van der Waals surface area contributed by atoms with Gasteiger partial charge in [0.05, 0.1) is 16.3 Å². The molecule has 0 amide bonds. The van der Waals surface area contributed by atoms with E-state index in [2.05, 4.69) is 16.8 Å². The lowest BCUT2D eigenvalue weighted by atomic mass is 10.3. The number of nitro benzene ring substituents is 1. The summed E-state index contributed by atoms with van der Waals surface area (Å²) in [6, 6.07) is 12.8. The fraction of sp³-hybridized carbons (Fsp3) is 0. The fourth-order valence-electron chi connectivity index (χ4n) is 1.30. The highest BCUT2D eigenvalue weighted by molar-refractivity contribution is 5.78. The number of anilines is 1. The number of aliphatic carboxylic acids is 1. The Morgan fingerprint density at radius 1 is 1.09 bits per heavy atom. The van der Waals surface area contributed by atoms with Crippen molar-refractivity contribution in [3.63, 3.8) is 0 Å². The first-order valence-corrected chi connectivity index (χ1v) is 6.29. The molecule has 0 aliphatic rings. The summed E-state index contributed by atoms with van der Waals surface area (Å²) in [6.45, 7) is 2.96. The summed E-state index contributed by atoms with van der Waals surface area (Å²) in [7, 11) is 0. The van der Waals surface area contributed by atoms with Gasteiger partial charge in [-0.25, -0.2) is 4.79 Å². The van der Waals surface area contributed by atoms with Gasteiger partial charge in [-0.05, 0) is 36.4 Å². The van der Waals surface area contributed by atoms with Gasteiger partial charge in [0.25, 0.3) is 5.69 Å². The zero-order valence-electron chi connectivity index (χ0n) is 12.0. The van der Waals surface area contributed by atoms with Gasteiger partial charge in [-0.2, -0.15) is 10.2 Å². The van der Waals surface area contributed by atoms with Gasteiger partial charge in [-0.1, -0.05) is 6.58 Å². The Kier molecular flexibility index (Phi) is 6.60. The van der Waals surface area contributed by atoms with E-state index in [0.717, 1.165) is 6.08 Å². The minimum absolute atomic E-state index is 0.0291. The van der Waals surface area contributed by atoms with Crippen LogP contribution in [0.25, 0.3) is 0 Å². The molecule has 0 aliphatic carbocycles. The average Bonchev–Trinajstić information content (AvgIpc) is 2.55. The van der Waals surface area contributed by atoms with Crippen LogP contribution in [0.3, 0.4) is 0 Å². The van der Waals surface area contributed by atoms with Crippen LogP contribution in [0.15, 0.2) is 71.4 Å². The number of hydrogen-bond acceptors (Lipinski definition) is 6. The first-order valence-electron chi connectivity index (χ1n) is 6.29. The number of azo groups is 1.